The van der Waals surface area contributed by atoms with E-state index in [1.807, 2.05) is 36.4 Å². The summed E-state index contributed by atoms with van der Waals surface area (Å²) < 4.78 is 15.5. The molecule has 2 aromatic rings. The maximum absolute atomic E-state index is 12.4. The molecule has 4 amide bonds. The van der Waals surface area contributed by atoms with Crippen LogP contribution in [-0.4, -0.2) is 49.3 Å². The highest BCUT2D eigenvalue weighted by molar-refractivity contribution is 6.01. The van der Waals surface area contributed by atoms with Crippen molar-refractivity contribution in [3.05, 3.63) is 108 Å². The molecule has 5 N–H and O–H groups in total. The van der Waals surface area contributed by atoms with Gasteiger partial charge in [0.25, 0.3) is 0 Å². The van der Waals surface area contributed by atoms with Gasteiger partial charge in [0.05, 0.1) is 0 Å². The molecule has 0 bridgehead atoms. The second-order valence-corrected chi connectivity index (χ2v) is 9.06. The number of nitrogens with one attached hydrogen (secondary N) is 3. The number of nitrogens with zero attached hydrogens (tertiary/aromatic N) is 1. The van der Waals surface area contributed by atoms with Gasteiger partial charge in [0, 0.05) is 6.54 Å². The zero-order valence-corrected chi connectivity index (χ0v) is 24.0. The highest BCUT2D eigenvalue weighted by Crippen LogP contribution is 2.04. The molecule has 43 heavy (non-hydrogen) atoms. The van der Waals surface area contributed by atoms with Crippen LogP contribution in [-0.2, 0) is 32.2 Å². The lowest BCUT2D eigenvalue weighted by molar-refractivity contribution is -0.120. The molecule has 2 aromatic carbocycles. The summed E-state index contributed by atoms with van der Waals surface area (Å²) in [7, 11) is 0. The molecule has 12 heteroatoms. The Morgan fingerprint density at radius 2 is 1.42 bits per heavy atom. The maximum Gasteiger partial charge on any atom is 0.414 e. The molecule has 0 heterocycles. The number of amides is 4. The molecule has 0 radical (unpaired) electrons. The zero-order valence-electron chi connectivity index (χ0n) is 24.0. The average Bonchev–Trinajstić information content (AvgIpc) is 3.00. The summed E-state index contributed by atoms with van der Waals surface area (Å²) in [6, 6.07) is 17.1. The Morgan fingerprint density at radius 1 is 0.860 bits per heavy atom. The van der Waals surface area contributed by atoms with Crippen molar-refractivity contribution in [1.82, 2.24) is 16.0 Å². The lowest BCUT2D eigenvalue weighted by atomic mass is 10.1. The molecule has 0 saturated heterocycles. The molecule has 1 atom stereocenters. The number of carbonyl (C=O) groups is 4. The van der Waals surface area contributed by atoms with Crippen molar-refractivity contribution in [2.75, 3.05) is 13.2 Å². The summed E-state index contributed by atoms with van der Waals surface area (Å²) in [5, 5.41) is 7.20. The fourth-order valence-electron chi connectivity index (χ4n) is 3.30. The van der Waals surface area contributed by atoms with Crippen molar-refractivity contribution in [2.24, 2.45) is 10.7 Å². The first-order valence-corrected chi connectivity index (χ1v) is 13.4. The highest BCUT2D eigenvalue weighted by atomic mass is 16.6. The lowest BCUT2D eigenvalue weighted by Gasteiger charge is -2.15. The third-order valence-electron chi connectivity index (χ3n) is 5.48. The van der Waals surface area contributed by atoms with E-state index >= 15 is 0 Å². The average molecular weight is 592 g/mol. The molecule has 2 rings (SSSR count). The first kappa shape index (κ1) is 33.8. The molecule has 0 aliphatic carbocycles. The van der Waals surface area contributed by atoms with E-state index in [1.54, 1.807) is 55.5 Å². The van der Waals surface area contributed by atoms with Crippen molar-refractivity contribution in [2.45, 2.75) is 39.0 Å². The van der Waals surface area contributed by atoms with E-state index in [1.165, 1.54) is 0 Å². The topological polar surface area (TPSA) is 170 Å². The minimum atomic E-state index is -1.02. The molecule has 0 aliphatic heterocycles. The number of primary amides is 1. The molecule has 0 spiro atoms. The number of hydrogen-bond acceptors (Lipinski definition) is 8. The maximum atomic E-state index is 12.4. The highest BCUT2D eigenvalue weighted by Gasteiger charge is 2.19. The van der Waals surface area contributed by atoms with Crippen LogP contribution in [0.25, 0.3) is 0 Å². The number of rotatable bonds is 14. The third-order valence-corrected chi connectivity index (χ3v) is 5.48. The first-order valence-electron chi connectivity index (χ1n) is 13.4. The van der Waals surface area contributed by atoms with E-state index in [9.17, 15) is 19.2 Å². The van der Waals surface area contributed by atoms with Gasteiger partial charge in [-0.3, -0.25) is 20.4 Å². The van der Waals surface area contributed by atoms with E-state index in [0.29, 0.717) is 0 Å². The summed E-state index contributed by atoms with van der Waals surface area (Å²) in [4.78, 5) is 53.0. The van der Waals surface area contributed by atoms with Gasteiger partial charge in [-0.25, -0.2) is 14.4 Å². The number of benzene rings is 2. The van der Waals surface area contributed by atoms with Crippen molar-refractivity contribution in [1.29, 1.82) is 0 Å². The van der Waals surface area contributed by atoms with E-state index in [2.05, 4.69) is 27.5 Å². The summed E-state index contributed by atoms with van der Waals surface area (Å²) in [5.41, 5.74) is 7.75. The van der Waals surface area contributed by atoms with Gasteiger partial charge in [-0.2, -0.15) is 0 Å². The van der Waals surface area contributed by atoms with E-state index < -0.39 is 30.2 Å². The Kier molecular flexibility index (Phi) is 15.4. The zero-order chi connectivity index (χ0) is 31.3. The predicted molar refractivity (Wildman–Crippen MR) is 162 cm³/mol. The number of hydrogen-bond donors (Lipinski definition) is 4. The molecule has 0 aliphatic rings. The summed E-state index contributed by atoms with van der Waals surface area (Å²) in [6.07, 6.45) is 4.71. The van der Waals surface area contributed by atoms with Gasteiger partial charge in [-0.1, -0.05) is 91.5 Å². The largest absolute Gasteiger partial charge is 0.445 e. The van der Waals surface area contributed by atoms with Crippen LogP contribution in [0.3, 0.4) is 0 Å². The van der Waals surface area contributed by atoms with Crippen LogP contribution in [0.5, 0.6) is 0 Å². The molecule has 0 fully saturated rings. The Balaban J connectivity index is 1.93. The van der Waals surface area contributed by atoms with Crippen LogP contribution in [0, 0.1) is 0 Å². The lowest BCUT2D eigenvalue weighted by Crippen LogP contribution is -2.45. The monoisotopic (exact) mass is 591 g/mol. The fraction of sp³-hybridized carbons (Fsp3) is 0.258. The molecule has 228 valence electrons. The standard InChI is InChI=1S/C31H37N5O7/c1-3-4-7-13-23(2)20-41-30(39)35-28(36-31(40)43-22-25-16-10-6-11-17-25)33-19-12-18-26(27(32)37)34-29(38)42-21-24-14-8-5-9-15-24/h3-11,13-17,26H,1,12,18-22H2,2H3,(H2,32,37)(H,34,38)(H2,33,35,36,39,40)/b7-4-,23-13+/t26-/m1/s1. The molecule has 0 aromatic heterocycles. The number of guanidine groups is 1. The van der Waals surface area contributed by atoms with Crippen molar-refractivity contribution >= 4 is 30.1 Å². The van der Waals surface area contributed by atoms with Gasteiger partial charge >= 0.3 is 18.3 Å². The molecular weight excluding hydrogens is 554 g/mol. The number of aliphatic imine (C=N–C) groups is 1. The van der Waals surface area contributed by atoms with Crippen LogP contribution in [0.15, 0.2) is 102 Å². The van der Waals surface area contributed by atoms with Gasteiger partial charge in [0.15, 0.2) is 0 Å². The predicted octanol–water partition coefficient (Wildman–Crippen LogP) is 4.24. The van der Waals surface area contributed by atoms with Crippen LogP contribution in [0.1, 0.15) is 30.9 Å². The van der Waals surface area contributed by atoms with Crippen LogP contribution in [0.4, 0.5) is 14.4 Å². The quantitative estimate of drug-likeness (QED) is 0.0837. The van der Waals surface area contributed by atoms with Gasteiger partial charge in [0.2, 0.25) is 11.9 Å². The minimum absolute atomic E-state index is 0.00104. The number of ether oxygens (including phenoxy) is 3. The Morgan fingerprint density at radius 3 is 1.98 bits per heavy atom. The summed E-state index contributed by atoms with van der Waals surface area (Å²) in [6.45, 7) is 5.42. The summed E-state index contributed by atoms with van der Waals surface area (Å²) in [5.74, 6) is -0.973. The Bertz CT molecular complexity index is 1290. The normalized spacial score (nSPS) is 12.1. The van der Waals surface area contributed by atoms with Crippen molar-refractivity contribution in [3.63, 3.8) is 0 Å². The Labute approximate surface area is 250 Å². The van der Waals surface area contributed by atoms with E-state index in [-0.39, 0.29) is 45.2 Å². The SMILES string of the molecule is C=C/C=C\C=C(/C)COC(=O)NC(=NCCC[C@@H](NC(=O)OCc1ccccc1)C(N)=O)NC(=O)OCc1ccccc1. The van der Waals surface area contributed by atoms with Gasteiger partial charge in [-0.05, 0) is 36.5 Å². The van der Waals surface area contributed by atoms with Crippen molar-refractivity contribution in [3.8, 4) is 0 Å². The number of carbonyl (C=O) groups excluding carboxylic acids is 4. The molecule has 0 unspecified atom stereocenters. The van der Waals surface area contributed by atoms with Gasteiger partial charge < -0.3 is 25.3 Å². The smallest absolute Gasteiger partial charge is 0.414 e. The number of allylic oxidation sites excluding steroid dienone is 4. The molecular formula is C31H37N5O7. The van der Waals surface area contributed by atoms with Gasteiger partial charge in [-0.15, -0.1) is 0 Å². The van der Waals surface area contributed by atoms with Crippen LogP contribution in [0.2, 0.25) is 0 Å². The van der Waals surface area contributed by atoms with Gasteiger partial charge in [0.1, 0.15) is 25.9 Å². The third kappa shape index (κ3) is 15.3. The number of alkyl carbamates (subject to hydrolysis) is 3. The second-order valence-electron chi connectivity index (χ2n) is 9.06. The Hall–Kier alpha value is -5.39. The second kappa shape index (κ2) is 19.6. The molecule has 0 saturated carbocycles. The molecule has 12 nitrogen and oxygen atoms in total. The van der Waals surface area contributed by atoms with E-state index in [0.717, 1.165) is 16.7 Å². The summed E-state index contributed by atoms with van der Waals surface area (Å²) >= 11 is 0. The van der Waals surface area contributed by atoms with Crippen LogP contribution < -0.4 is 21.7 Å². The van der Waals surface area contributed by atoms with E-state index in [4.69, 9.17) is 19.9 Å². The first-order chi connectivity index (χ1) is 20.8. The minimum Gasteiger partial charge on any atom is -0.445 e. The number of nitrogens with two attached hydrogens (primary N) is 1. The fourth-order valence-corrected chi connectivity index (χ4v) is 3.30. The van der Waals surface area contributed by atoms with Crippen LogP contribution >= 0.6 is 0 Å². The van der Waals surface area contributed by atoms with Crippen molar-refractivity contribution < 1.29 is 33.4 Å².